The van der Waals surface area contributed by atoms with Crippen LogP contribution in [0.1, 0.15) is 47.2 Å². The Labute approximate surface area is 201 Å². The molecule has 0 bridgehead atoms. The van der Waals surface area contributed by atoms with Crippen LogP contribution in [0, 0.1) is 12.7 Å². The summed E-state index contributed by atoms with van der Waals surface area (Å²) >= 11 is 0. The van der Waals surface area contributed by atoms with Gasteiger partial charge in [-0.1, -0.05) is 0 Å². The van der Waals surface area contributed by atoms with Gasteiger partial charge in [0.1, 0.15) is 17.9 Å². The van der Waals surface area contributed by atoms with Crippen molar-refractivity contribution in [2.75, 3.05) is 6.54 Å². The minimum atomic E-state index is -0.340. The number of hydrogen-bond acceptors (Lipinski definition) is 7. The van der Waals surface area contributed by atoms with E-state index in [4.69, 9.17) is 4.74 Å². The molecule has 4 heterocycles. The average Bonchev–Trinajstić information content (AvgIpc) is 2.90. The molecule has 3 aromatic heterocycles. The van der Waals surface area contributed by atoms with Crippen molar-refractivity contribution < 1.29 is 13.9 Å². The van der Waals surface area contributed by atoms with Crippen molar-refractivity contribution in [2.45, 2.75) is 32.2 Å². The molecule has 1 fully saturated rings. The third kappa shape index (κ3) is 5.13. The van der Waals surface area contributed by atoms with Gasteiger partial charge >= 0.3 is 0 Å². The van der Waals surface area contributed by atoms with E-state index in [1.807, 2.05) is 11.8 Å². The van der Waals surface area contributed by atoms with Crippen molar-refractivity contribution in [2.24, 2.45) is 0 Å². The summed E-state index contributed by atoms with van der Waals surface area (Å²) in [5.41, 5.74) is 2.62. The van der Waals surface area contributed by atoms with Crippen LogP contribution in [0.2, 0.25) is 0 Å². The number of carbonyl (C=O) groups excluding carboxylic acids is 1. The van der Waals surface area contributed by atoms with Crippen molar-refractivity contribution in [1.29, 1.82) is 0 Å². The highest BCUT2D eigenvalue weighted by Gasteiger charge is 2.31. The first-order valence-electron chi connectivity index (χ1n) is 11.4. The molecule has 8 nitrogen and oxygen atoms in total. The highest BCUT2D eigenvalue weighted by atomic mass is 19.1. The number of ether oxygens (including phenoxy) is 1. The molecule has 9 heteroatoms. The lowest BCUT2D eigenvalue weighted by molar-refractivity contribution is 0.0598. The number of benzene rings is 1. The Hall–Kier alpha value is -4.27. The number of piperidine rings is 1. The summed E-state index contributed by atoms with van der Waals surface area (Å²) in [5.74, 6) is 0.906. The number of hydrogen-bond donors (Lipinski definition) is 0. The Balaban J connectivity index is 1.42. The summed E-state index contributed by atoms with van der Waals surface area (Å²) in [7, 11) is 0. The summed E-state index contributed by atoms with van der Waals surface area (Å²) < 4.78 is 19.1. The molecule has 1 amide bonds. The summed E-state index contributed by atoms with van der Waals surface area (Å²) in [6.07, 6.45) is 9.00. The predicted molar refractivity (Wildman–Crippen MR) is 126 cm³/mol. The van der Waals surface area contributed by atoms with Crippen molar-refractivity contribution >= 4 is 5.91 Å². The third-order valence-electron chi connectivity index (χ3n) is 5.81. The quantitative estimate of drug-likeness (QED) is 0.408. The SMILES string of the molecule is Cc1cc(Oc2ccc(F)cc2)nc(C2CCCCN2C(=O)c2ccnc(-c3cncnc3)c2)n1. The Kier molecular flexibility index (Phi) is 6.38. The molecular weight excluding hydrogens is 447 g/mol. The number of likely N-dealkylation sites (tertiary alicyclic amines) is 1. The van der Waals surface area contributed by atoms with Crippen molar-refractivity contribution in [1.82, 2.24) is 29.8 Å². The van der Waals surface area contributed by atoms with Crippen molar-refractivity contribution in [3.8, 4) is 22.9 Å². The van der Waals surface area contributed by atoms with Crippen LogP contribution in [0.4, 0.5) is 4.39 Å². The second-order valence-electron chi connectivity index (χ2n) is 8.33. The van der Waals surface area contributed by atoms with Gasteiger partial charge in [-0.3, -0.25) is 9.78 Å². The van der Waals surface area contributed by atoms with E-state index < -0.39 is 0 Å². The zero-order chi connectivity index (χ0) is 24.2. The van der Waals surface area contributed by atoms with Gasteiger partial charge in [-0.05, 0) is 62.6 Å². The zero-order valence-corrected chi connectivity index (χ0v) is 19.1. The smallest absolute Gasteiger partial charge is 0.254 e. The molecule has 1 unspecified atom stereocenters. The van der Waals surface area contributed by atoms with Gasteiger partial charge in [0.2, 0.25) is 5.88 Å². The Morgan fingerprint density at radius 1 is 1.06 bits per heavy atom. The summed E-state index contributed by atoms with van der Waals surface area (Å²) in [5, 5.41) is 0. The largest absolute Gasteiger partial charge is 0.439 e. The predicted octanol–water partition coefficient (Wildman–Crippen LogP) is 4.94. The van der Waals surface area contributed by atoms with Crippen LogP contribution >= 0.6 is 0 Å². The van der Waals surface area contributed by atoms with Gasteiger partial charge in [0.05, 0.1) is 11.7 Å². The first kappa shape index (κ1) is 22.5. The first-order chi connectivity index (χ1) is 17.1. The lowest BCUT2D eigenvalue weighted by Crippen LogP contribution is -2.39. The second-order valence-corrected chi connectivity index (χ2v) is 8.33. The number of amides is 1. The van der Waals surface area contributed by atoms with Crippen molar-refractivity contribution in [3.63, 3.8) is 0 Å². The molecule has 4 aromatic rings. The van der Waals surface area contributed by atoms with E-state index in [1.54, 1.807) is 48.9 Å². The highest BCUT2D eigenvalue weighted by molar-refractivity contribution is 5.95. The van der Waals surface area contributed by atoms with E-state index in [0.717, 1.165) is 30.5 Å². The van der Waals surface area contributed by atoms with Gasteiger partial charge in [-0.15, -0.1) is 0 Å². The Morgan fingerprint density at radius 2 is 1.86 bits per heavy atom. The van der Waals surface area contributed by atoms with E-state index in [2.05, 4.69) is 24.9 Å². The van der Waals surface area contributed by atoms with E-state index in [0.29, 0.717) is 35.3 Å². The van der Waals surface area contributed by atoms with E-state index >= 15 is 0 Å². The highest BCUT2D eigenvalue weighted by Crippen LogP contribution is 2.32. The van der Waals surface area contributed by atoms with E-state index in [9.17, 15) is 9.18 Å². The maximum Gasteiger partial charge on any atom is 0.254 e. The molecule has 0 saturated carbocycles. The number of halogens is 1. The number of pyridine rings is 1. The van der Waals surface area contributed by atoms with Crippen LogP contribution in [-0.4, -0.2) is 42.3 Å². The molecule has 5 rings (SSSR count). The van der Waals surface area contributed by atoms with E-state index in [-0.39, 0.29) is 17.8 Å². The second kappa shape index (κ2) is 9.92. The lowest BCUT2D eigenvalue weighted by atomic mass is 9.99. The number of aryl methyl sites for hydroxylation is 1. The maximum absolute atomic E-state index is 13.6. The van der Waals surface area contributed by atoms with Crippen molar-refractivity contribution in [3.05, 3.63) is 90.3 Å². The molecule has 176 valence electrons. The first-order valence-corrected chi connectivity index (χ1v) is 11.4. The van der Waals surface area contributed by atoms with Crippen LogP contribution < -0.4 is 4.74 Å². The third-order valence-corrected chi connectivity index (χ3v) is 5.81. The molecule has 1 saturated heterocycles. The normalized spacial score (nSPS) is 15.6. The molecule has 35 heavy (non-hydrogen) atoms. The summed E-state index contributed by atoms with van der Waals surface area (Å²) in [6, 6.07) is 10.6. The minimum Gasteiger partial charge on any atom is -0.439 e. The molecular formula is C26H23FN6O2. The monoisotopic (exact) mass is 470 g/mol. The van der Waals surface area contributed by atoms with Gasteiger partial charge in [0.15, 0.2) is 5.82 Å². The Bertz CT molecular complexity index is 1330. The number of rotatable bonds is 5. The van der Waals surface area contributed by atoms with Gasteiger partial charge in [0.25, 0.3) is 5.91 Å². The summed E-state index contributed by atoms with van der Waals surface area (Å²) in [6.45, 7) is 2.45. The van der Waals surface area contributed by atoms with Gasteiger partial charge < -0.3 is 9.64 Å². The number of nitrogens with zero attached hydrogens (tertiary/aromatic N) is 6. The minimum absolute atomic E-state index is 0.110. The van der Waals surface area contributed by atoms with Crippen LogP contribution in [0.25, 0.3) is 11.3 Å². The molecule has 1 aliphatic heterocycles. The fraction of sp³-hybridized carbons (Fsp3) is 0.231. The van der Waals surface area contributed by atoms with Crippen LogP contribution in [0.3, 0.4) is 0 Å². The molecule has 1 aliphatic rings. The average molecular weight is 471 g/mol. The summed E-state index contributed by atoms with van der Waals surface area (Å²) in [4.78, 5) is 37.1. The van der Waals surface area contributed by atoms with Crippen LogP contribution in [-0.2, 0) is 0 Å². The van der Waals surface area contributed by atoms with Gasteiger partial charge in [-0.25, -0.2) is 19.3 Å². The van der Waals surface area contributed by atoms with Gasteiger partial charge in [0, 0.05) is 48.0 Å². The molecule has 0 spiro atoms. The maximum atomic E-state index is 13.6. The molecule has 0 N–H and O–H groups in total. The molecule has 0 radical (unpaired) electrons. The molecule has 1 atom stereocenters. The molecule has 0 aliphatic carbocycles. The fourth-order valence-corrected chi connectivity index (χ4v) is 4.15. The zero-order valence-electron chi connectivity index (χ0n) is 19.1. The lowest BCUT2D eigenvalue weighted by Gasteiger charge is -2.35. The standard InChI is InChI=1S/C26H23FN6O2/c1-17-12-24(35-21-7-5-20(27)6-8-21)32-25(31-17)23-4-2-3-11-33(23)26(34)18-9-10-30-22(13-18)19-14-28-16-29-15-19/h5-10,12-16,23H,2-4,11H2,1H3. The van der Waals surface area contributed by atoms with Crippen LogP contribution in [0.15, 0.2) is 67.4 Å². The van der Waals surface area contributed by atoms with Gasteiger partial charge in [-0.2, -0.15) is 4.98 Å². The number of aromatic nitrogens is 5. The number of carbonyl (C=O) groups is 1. The topological polar surface area (TPSA) is 94.0 Å². The van der Waals surface area contributed by atoms with Crippen LogP contribution in [0.5, 0.6) is 11.6 Å². The molecule has 1 aromatic carbocycles. The Morgan fingerprint density at radius 3 is 2.66 bits per heavy atom. The van der Waals surface area contributed by atoms with E-state index in [1.165, 1.54) is 18.5 Å². The fourth-order valence-electron chi connectivity index (χ4n) is 4.15.